The van der Waals surface area contributed by atoms with Crippen LogP contribution in [0, 0.1) is 6.92 Å². The molecule has 1 aromatic heterocycles. The Morgan fingerprint density at radius 2 is 1.79 bits per heavy atom. The summed E-state index contributed by atoms with van der Waals surface area (Å²) in [5, 5.41) is 3.58. The van der Waals surface area contributed by atoms with Gasteiger partial charge in [-0.3, -0.25) is 0 Å². The maximum Gasteiger partial charge on any atom is 0.227 e. The zero-order valence-electron chi connectivity index (χ0n) is 11.9. The molecule has 2 heterocycles. The Labute approximate surface area is 115 Å². The minimum atomic E-state index is 0.614. The SMILES string of the molecule is Cc1cc(NC2CCCC2)nc(N2CCCCC2)n1. The molecule has 104 valence electrons. The number of hydrogen-bond acceptors (Lipinski definition) is 4. The van der Waals surface area contributed by atoms with Crippen LogP contribution < -0.4 is 10.2 Å². The van der Waals surface area contributed by atoms with Gasteiger partial charge in [-0.05, 0) is 39.0 Å². The van der Waals surface area contributed by atoms with Crippen molar-refractivity contribution in [3.8, 4) is 0 Å². The van der Waals surface area contributed by atoms with Crippen LogP contribution in [0.1, 0.15) is 50.6 Å². The van der Waals surface area contributed by atoms with Gasteiger partial charge in [0.2, 0.25) is 5.95 Å². The largest absolute Gasteiger partial charge is 0.367 e. The van der Waals surface area contributed by atoms with Crippen molar-refractivity contribution in [2.24, 2.45) is 0 Å². The second-order valence-electron chi connectivity index (χ2n) is 5.87. The van der Waals surface area contributed by atoms with Crippen molar-refractivity contribution in [3.05, 3.63) is 11.8 Å². The molecule has 0 amide bonds. The first-order valence-corrected chi connectivity index (χ1v) is 7.68. The Morgan fingerprint density at radius 1 is 1.05 bits per heavy atom. The highest BCUT2D eigenvalue weighted by molar-refractivity contribution is 5.44. The fourth-order valence-electron chi connectivity index (χ4n) is 3.14. The summed E-state index contributed by atoms with van der Waals surface area (Å²) in [5.41, 5.74) is 1.07. The van der Waals surface area contributed by atoms with Crippen molar-refractivity contribution >= 4 is 11.8 Å². The van der Waals surface area contributed by atoms with Crippen LogP contribution in [0.2, 0.25) is 0 Å². The molecule has 3 rings (SSSR count). The van der Waals surface area contributed by atoms with Gasteiger partial charge in [-0.1, -0.05) is 12.8 Å². The fraction of sp³-hybridized carbons (Fsp3) is 0.733. The molecule has 1 saturated heterocycles. The van der Waals surface area contributed by atoms with E-state index < -0.39 is 0 Å². The molecule has 4 nitrogen and oxygen atoms in total. The van der Waals surface area contributed by atoms with E-state index in [-0.39, 0.29) is 0 Å². The Morgan fingerprint density at radius 3 is 2.53 bits per heavy atom. The summed E-state index contributed by atoms with van der Waals surface area (Å²) < 4.78 is 0. The van der Waals surface area contributed by atoms with Crippen molar-refractivity contribution in [2.75, 3.05) is 23.3 Å². The smallest absolute Gasteiger partial charge is 0.227 e. The molecule has 1 aliphatic carbocycles. The molecule has 0 radical (unpaired) electrons. The van der Waals surface area contributed by atoms with E-state index in [1.807, 2.05) is 0 Å². The third-order valence-electron chi connectivity index (χ3n) is 4.19. The molecular weight excluding hydrogens is 236 g/mol. The van der Waals surface area contributed by atoms with Gasteiger partial charge in [0.1, 0.15) is 5.82 Å². The number of hydrogen-bond donors (Lipinski definition) is 1. The summed E-state index contributed by atoms with van der Waals surface area (Å²) in [7, 11) is 0. The topological polar surface area (TPSA) is 41.1 Å². The Hall–Kier alpha value is -1.32. The van der Waals surface area contributed by atoms with Crippen molar-refractivity contribution in [3.63, 3.8) is 0 Å². The number of nitrogens with one attached hydrogen (secondary N) is 1. The number of rotatable bonds is 3. The molecule has 1 aliphatic heterocycles. The van der Waals surface area contributed by atoms with Crippen LogP contribution in [0.3, 0.4) is 0 Å². The van der Waals surface area contributed by atoms with E-state index in [1.54, 1.807) is 0 Å². The van der Waals surface area contributed by atoms with Crippen LogP contribution in [-0.4, -0.2) is 29.1 Å². The maximum atomic E-state index is 4.72. The molecule has 1 N–H and O–H groups in total. The molecule has 0 aromatic carbocycles. The lowest BCUT2D eigenvalue weighted by Crippen LogP contribution is -2.31. The van der Waals surface area contributed by atoms with Crippen molar-refractivity contribution < 1.29 is 0 Å². The average Bonchev–Trinajstić information content (AvgIpc) is 2.92. The van der Waals surface area contributed by atoms with E-state index in [0.717, 1.165) is 30.5 Å². The molecule has 4 heteroatoms. The van der Waals surface area contributed by atoms with Gasteiger partial charge >= 0.3 is 0 Å². The highest BCUT2D eigenvalue weighted by Crippen LogP contribution is 2.23. The highest BCUT2D eigenvalue weighted by atomic mass is 15.3. The first kappa shape index (κ1) is 12.7. The second kappa shape index (κ2) is 5.76. The van der Waals surface area contributed by atoms with Crippen LogP contribution in [0.5, 0.6) is 0 Å². The van der Waals surface area contributed by atoms with Gasteiger partial charge in [-0.15, -0.1) is 0 Å². The third-order valence-corrected chi connectivity index (χ3v) is 4.19. The average molecular weight is 260 g/mol. The Kier molecular flexibility index (Phi) is 3.85. The van der Waals surface area contributed by atoms with Crippen LogP contribution in [0.4, 0.5) is 11.8 Å². The third kappa shape index (κ3) is 3.17. The minimum absolute atomic E-state index is 0.614. The normalized spacial score (nSPS) is 20.8. The van der Waals surface area contributed by atoms with Gasteiger partial charge in [0.05, 0.1) is 0 Å². The maximum absolute atomic E-state index is 4.72. The molecule has 0 atom stereocenters. The van der Waals surface area contributed by atoms with E-state index in [0.29, 0.717) is 6.04 Å². The highest BCUT2D eigenvalue weighted by Gasteiger charge is 2.18. The zero-order chi connectivity index (χ0) is 13.1. The molecule has 2 aliphatic rings. The molecule has 1 saturated carbocycles. The summed E-state index contributed by atoms with van der Waals surface area (Å²) in [6.45, 7) is 4.27. The molecule has 0 unspecified atom stereocenters. The van der Waals surface area contributed by atoms with Crippen LogP contribution in [0.15, 0.2) is 6.07 Å². The first-order valence-electron chi connectivity index (χ1n) is 7.68. The summed E-state index contributed by atoms with van der Waals surface area (Å²) in [5.74, 6) is 1.93. The molecule has 2 fully saturated rings. The molecule has 0 spiro atoms. The molecular formula is C15H24N4. The Bertz CT molecular complexity index is 420. The number of aryl methyl sites for hydroxylation is 1. The van der Waals surface area contributed by atoms with Gasteiger partial charge < -0.3 is 10.2 Å². The standard InChI is InChI=1S/C15H24N4/c1-12-11-14(17-13-7-3-4-8-13)18-15(16-12)19-9-5-2-6-10-19/h11,13H,2-10H2,1H3,(H,16,17,18). The lowest BCUT2D eigenvalue weighted by atomic mass is 10.1. The van der Waals surface area contributed by atoms with Crippen molar-refractivity contribution in [2.45, 2.75) is 57.9 Å². The van der Waals surface area contributed by atoms with Crippen LogP contribution in [0.25, 0.3) is 0 Å². The zero-order valence-corrected chi connectivity index (χ0v) is 11.9. The lowest BCUT2D eigenvalue weighted by molar-refractivity contribution is 0.567. The van der Waals surface area contributed by atoms with E-state index >= 15 is 0 Å². The predicted molar refractivity (Wildman–Crippen MR) is 78.7 cm³/mol. The minimum Gasteiger partial charge on any atom is -0.367 e. The van der Waals surface area contributed by atoms with Gasteiger partial charge in [-0.2, -0.15) is 4.98 Å². The monoisotopic (exact) mass is 260 g/mol. The van der Waals surface area contributed by atoms with Gasteiger partial charge in [0.25, 0.3) is 0 Å². The van der Waals surface area contributed by atoms with Gasteiger partial charge in [0, 0.05) is 30.9 Å². The predicted octanol–water partition coefficient (Wildman–Crippen LogP) is 3.13. The summed E-state index contributed by atoms with van der Waals surface area (Å²) in [4.78, 5) is 11.7. The van der Waals surface area contributed by atoms with E-state index in [1.165, 1.54) is 44.9 Å². The Balaban J connectivity index is 1.74. The summed E-state index contributed by atoms with van der Waals surface area (Å²) in [6, 6.07) is 2.69. The van der Waals surface area contributed by atoms with Crippen LogP contribution in [-0.2, 0) is 0 Å². The second-order valence-corrected chi connectivity index (χ2v) is 5.87. The van der Waals surface area contributed by atoms with Crippen LogP contribution >= 0.6 is 0 Å². The number of piperidine rings is 1. The van der Waals surface area contributed by atoms with Crippen molar-refractivity contribution in [1.29, 1.82) is 0 Å². The van der Waals surface area contributed by atoms with E-state index in [4.69, 9.17) is 4.98 Å². The van der Waals surface area contributed by atoms with E-state index in [9.17, 15) is 0 Å². The van der Waals surface area contributed by atoms with Gasteiger partial charge in [-0.25, -0.2) is 4.98 Å². The lowest BCUT2D eigenvalue weighted by Gasteiger charge is -2.27. The molecule has 1 aromatic rings. The fourth-order valence-corrected chi connectivity index (χ4v) is 3.14. The summed E-state index contributed by atoms with van der Waals surface area (Å²) in [6.07, 6.45) is 9.13. The van der Waals surface area contributed by atoms with Gasteiger partial charge in [0.15, 0.2) is 0 Å². The number of nitrogens with zero attached hydrogens (tertiary/aromatic N) is 3. The number of anilines is 2. The van der Waals surface area contributed by atoms with E-state index in [2.05, 4.69) is 28.2 Å². The molecule has 19 heavy (non-hydrogen) atoms. The van der Waals surface area contributed by atoms with Crippen molar-refractivity contribution in [1.82, 2.24) is 9.97 Å². The number of aromatic nitrogens is 2. The summed E-state index contributed by atoms with van der Waals surface area (Å²) >= 11 is 0. The molecule has 0 bridgehead atoms. The quantitative estimate of drug-likeness (QED) is 0.906. The first-order chi connectivity index (χ1) is 9.31.